The molecule has 0 aromatic rings. The Labute approximate surface area is 82.1 Å². The van der Waals surface area contributed by atoms with E-state index in [9.17, 15) is 4.79 Å². The SMILES string of the molecule is CC=C(N)C(=O)OCC.O=S(=O)(O)O. The van der Waals surface area contributed by atoms with Gasteiger partial charge in [0, 0.05) is 0 Å². The largest absolute Gasteiger partial charge is 0.461 e. The fourth-order valence-electron chi connectivity index (χ4n) is 0.332. The van der Waals surface area contributed by atoms with Crippen molar-refractivity contribution >= 4 is 16.4 Å². The Bertz CT molecular complexity index is 285. The molecule has 0 aliphatic rings. The van der Waals surface area contributed by atoms with E-state index in [0.29, 0.717) is 6.61 Å². The van der Waals surface area contributed by atoms with Gasteiger partial charge in [0.1, 0.15) is 5.70 Å². The highest BCUT2D eigenvalue weighted by Gasteiger charge is 2.01. The average Bonchev–Trinajstić information content (AvgIpc) is 2.00. The van der Waals surface area contributed by atoms with Crippen molar-refractivity contribution in [2.75, 3.05) is 6.61 Å². The van der Waals surface area contributed by atoms with Gasteiger partial charge in [-0.2, -0.15) is 8.42 Å². The molecular weight excluding hydrogens is 214 g/mol. The van der Waals surface area contributed by atoms with Crippen molar-refractivity contribution in [1.29, 1.82) is 0 Å². The van der Waals surface area contributed by atoms with Crippen LogP contribution in [0.2, 0.25) is 0 Å². The highest BCUT2D eigenvalue weighted by molar-refractivity contribution is 7.79. The van der Waals surface area contributed by atoms with Gasteiger partial charge in [-0.25, -0.2) is 4.79 Å². The Morgan fingerprint density at radius 3 is 2.07 bits per heavy atom. The standard InChI is InChI=1S/C6H11NO2.H2O4S/c1-3-5(7)6(8)9-4-2;1-5(2,3)4/h3H,4,7H2,1-2H3;(H2,1,2,3,4). The van der Waals surface area contributed by atoms with Crippen LogP contribution in [0.3, 0.4) is 0 Å². The van der Waals surface area contributed by atoms with Crippen LogP contribution in [0, 0.1) is 0 Å². The van der Waals surface area contributed by atoms with Gasteiger partial charge in [0.15, 0.2) is 0 Å². The third-order valence-corrected chi connectivity index (χ3v) is 0.822. The predicted octanol–water partition coefficient (Wildman–Crippen LogP) is -0.241. The molecular formula is C6H13NO6S. The van der Waals surface area contributed by atoms with Crippen LogP contribution in [0.25, 0.3) is 0 Å². The van der Waals surface area contributed by atoms with E-state index in [-0.39, 0.29) is 5.70 Å². The van der Waals surface area contributed by atoms with Crippen LogP contribution >= 0.6 is 0 Å². The van der Waals surface area contributed by atoms with Gasteiger partial charge in [-0.1, -0.05) is 6.08 Å². The molecule has 0 bridgehead atoms. The Morgan fingerprint density at radius 1 is 1.50 bits per heavy atom. The molecule has 0 atom stereocenters. The maximum atomic E-state index is 10.6. The van der Waals surface area contributed by atoms with Crippen LogP contribution in [0.4, 0.5) is 0 Å². The molecule has 0 spiro atoms. The minimum atomic E-state index is -4.67. The second kappa shape index (κ2) is 7.30. The molecule has 0 rings (SSSR count). The summed E-state index contributed by atoms with van der Waals surface area (Å²) in [6, 6.07) is 0. The lowest BCUT2D eigenvalue weighted by Gasteiger charge is -1.98. The number of nitrogens with two attached hydrogens (primary N) is 1. The van der Waals surface area contributed by atoms with E-state index in [4.69, 9.17) is 23.3 Å². The third kappa shape index (κ3) is 17.1. The van der Waals surface area contributed by atoms with E-state index in [1.807, 2.05) is 0 Å². The molecule has 0 aliphatic carbocycles. The first-order valence-corrected chi connectivity index (χ1v) is 4.90. The number of ether oxygens (including phenoxy) is 1. The minimum Gasteiger partial charge on any atom is -0.461 e. The number of rotatable bonds is 2. The summed E-state index contributed by atoms with van der Waals surface area (Å²) in [7, 11) is -4.67. The molecule has 84 valence electrons. The Kier molecular flexibility index (Phi) is 8.01. The second-order valence-electron chi connectivity index (χ2n) is 1.91. The molecule has 0 saturated heterocycles. The van der Waals surface area contributed by atoms with Gasteiger partial charge in [0.05, 0.1) is 6.61 Å². The number of carbonyl (C=O) groups is 1. The summed E-state index contributed by atoms with van der Waals surface area (Å²) in [5.41, 5.74) is 5.35. The van der Waals surface area contributed by atoms with E-state index < -0.39 is 16.4 Å². The number of carbonyl (C=O) groups excluding carboxylic acids is 1. The first-order chi connectivity index (χ1) is 6.22. The second-order valence-corrected chi connectivity index (χ2v) is 2.81. The van der Waals surface area contributed by atoms with Gasteiger partial charge in [-0.15, -0.1) is 0 Å². The summed E-state index contributed by atoms with van der Waals surface area (Å²) in [6.07, 6.45) is 1.51. The van der Waals surface area contributed by atoms with Crippen LogP contribution in [0.15, 0.2) is 11.8 Å². The fraction of sp³-hybridized carbons (Fsp3) is 0.500. The van der Waals surface area contributed by atoms with Gasteiger partial charge in [0.2, 0.25) is 0 Å². The van der Waals surface area contributed by atoms with Crippen LogP contribution in [0.5, 0.6) is 0 Å². The average molecular weight is 227 g/mol. The molecule has 0 saturated carbocycles. The first kappa shape index (κ1) is 15.4. The molecule has 0 heterocycles. The maximum absolute atomic E-state index is 10.6. The first-order valence-electron chi connectivity index (χ1n) is 3.51. The topological polar surface area (TPSA) is 127 Å². The molecule has 14 heavy (non-hydrogen) atoms. The summed E-state index contributed by atoms with van der Waals surface area (Å²) in [4.78, 5) is 10.6. The highest BCUT2D eigenvalue weighted by Crippen LogP contribution is 1.87. The van der Waals surface area contributed by atoms with Crippen LogP contribution in [-0.2, 0) is 19.9 Å². The predicted molar refractivity (Wildman–Crippen MR) is 48.8 cm³/mol. The number of hydrogen-bond acceptors (Lipinski definition) is 5. The summed E-state index contributed by atoms with van der Waals surface area (Å²) < 4.78 is 36.1. The zero-order valence-electron chi connectivity index (χ0n) is 7.80. The van der Waals surface area contributed by atoms with Gasteiger partial charge < -0.3 is 10.5 Å². The van der Waals surface area contributed by atoms with Crippen LogP contribution in [-0.4, -0.2) is 30.1 Å². The van der Waals surface area contributed by atoms with E-state index in [0.717, 1.165) is 0 Å². The van der Waals surface area contributed by atoms with Gasteiger partial charge in [-0.3, -0.25) is 9.11 Å². The third-order valence-electron chi connectivity index (χ3n) is 0.822. The summed E-state index contributed by atoms with van der Waals surface area (Å²) in [6.45, 7) is 3.79. The van der Waals surface area contributed by atoms with Crippen LogP contribution < -0.4 is 5.73 Å². The Balaban J connectivity index is 0. The molecule has 4 N–H and O–H groups in total. The van der Waals surface area contributed by atoms with E-state index in [2.05, 4.69) is 4.74 Å². The number of esters is 1. The maximum Gasteiger partial charge on any atom is 0.394 e. The molecule has 0 fully saturated rings. The lowest BCUT2D eigenvalue weighted by molar-refractivity contribution is -0.138. The van der Waals surface area contributed by atoms with Crippen molar-refractivity contribution < 1.29 is 27.1 Å². The van der Waals surface area contributed by atoms with Gasteiger partial charge in [-0.05, 0) is 13.8 Å². The van der Waals surface area contributed by atoms with Crippen molar-refractivity contribution in [3.63, 3.8) is 0 Å². The summed E-state index contributed by atoms with van der Waals surface area (Å²) in [5, 5.41) is 0. The van der Waals surface area contributed by atoms with Crippen molar-refractivity contribution in [2.45, 2.75) is 13.8 Å². The number of allylic oxidation sites excluding steroid dienone is 1. The molecule has 8 heteroatoms. The molecule has 0 unspecified atom stereocenters. The van der Waals surface area contributed by atoms with E-state index >= 15 is 0 Å². The van der Waals surface area contributed by atoms with E-state index in [1.165, 1.54) is 6.08 Å². The van der Waals surface area contributed by atoms with Crippen molar-refractivity contribution in [3.8, 4) is 0 Å². The minimum absolute atomic E-state index is 0.164. The lowest BCUT2D eigenvalue weighted by Crippen LogP contribution is -2.13. The zero-order chi connectivity index (χ0) is 11.8. The van der Waals surface area contributed by atoms with Gasteiger partial charge >= 0.3 is 16.4 Å². The molecule has 0 aromatic heterocycles. The molecule has 0 amide bonds. The van der Waals surface area contributed by atoms with Crippen molar-refractivity contribution in [1.82, 2.24) is 0 Å². The van der Waals surface area contributed by atoms with Gasteiger partial charge in [0.25, 0.3) is 0 Å². The molecule has 0 aromatic carbocycles. The zero-order valence-corrected chi connectivity index (χ0v) is 8.61. The molecule has 0 aliphatic heterocycles. The monoisotopic (exact) mass is 227 g/mol. The lowest BCUT2D eigenvalue weighted by atomic mass is 10.4. The number of hydrogen-bond donors (Lipinski definition) is 3. The van der Waals surface area contributed by atoms with Crippen molar-refractivity contribution in [2.24, 2.45) is 5.73 Å². The molecule has 0 radical (unpaired) electrons. The Hall–Kier alpha value is -1.12. The molecule has 7 nitrogen and oxygen atoms in total. The van der Waals surface area contributed by atoms with Crippen LogP contribution in [0.1, 0.15) is 13.8 Å². The normalized spacial score (nSPS) is 11.3. The quantitative estimate of drug-likeness (QED) is 0.337. The summed E-state index contributed by atoms with van der Waals surface area (Å²) in [5.74, 6) is -0.444. The smallest absolute Gasteiger partial charge is 0.394 e. The van der Waals surface area contributed by atoms with E-state index in [1.54, 1.807) is 13.8 Å². The summed E-state index contributed by atoms with van der Waals surface area (Å²) >= 11 is 0. The fourth-order valence-corrected chi connectivity index (χ4v) is 0.332. The van der Waals surface area contributed by atoms with Crippen molar-refractivity contribution in [3.05, 3.63) is 11.8 Å². The Morgan fingerprint density at radius 2 is 1.86 bits per heavy atom. The highest BCUT2D eigenvalue weighted by atomic mass is 32.3.